The number of imidazole rings is 1. The predicted octanol–water partition coefficient (Wildman–Crippen LogP) is 1.09. The third-order valence-electron chi connectivity index (χ3n) is 4.31. The third kappa shape index (κ3) is 5.04. The zero-order chi connectivity index (χ0) is 17.0. The highest BCUT2D eigenvalue weighted by Crippen LogP contribution is 2.23. The summed E-state index contributed by atoms with van der Waals surface area (Å²) in [6, 6.07) is 0.223. The fourth-order valence-corrected chi connectivity index (χ4v) is 3.96. The van der Waals surface area contributed by atoms with Crippen molar-refractivity contribution in [2.75, 3.05) is 6.54 Å². The summed E-state index contributed by atoms with van der Waals surface area (Å²) in [7, 11) is -1.93. The largest absolute Gasteiger partial charge is 0.353 e. The van der Waals surface area contributed by atoms with Gasteiger partial charge >= 0.3 is 0 Å². The Hall–Kier alpha value is -1.41. The first-order chi connectivity index (χ1) is 10.8. The number of carbonyl (C=O) groups excluding carboxylic acids is 1. The summed E-state index contributed by atoms with van der Waals surface area (Å²) >= 11 is 0. The van der Waals surface area contributed by atoms with Gasteiger partial charge in [0.05, 0.1) is 0 Å². The Bertz CT molecular complexity index is 634. The van der Waals surface area contributed by atoms with Crippen LogP contribution < -0.4 is 10.0 Å². The summed E-state index contributed by atoms with van der Waals surface area (Å²) < 4.78 is 28.3. The number of aromatic nitrogens is 2. The molecule has 1 aliphatic carbocycles. The summed E-state index contributed by atoms with van der Waals surface area (Å²) in [5.74, 6) is 1.15. The van der Waals surface area contributed by atoms with Gasteiger partial charge in [-0.2, -0.15) is 0 Å². The van der Waals surface area contributed by atoms with Gasteiger partial charge in [-0.25, -0.2) is 18.1 Å². The van der Waals surface area contributed by atoms with Crippen molar-refractivity contribution >= 4 is 15.9 Å². The minimum absolute atomic E-state index is 0.0148. The number of sulfonamides is 1. The molecule has 0 spiro atoms. The topological polar surface area (TPSA) is 93.1 Å². The molecular formula is C15H26N4O3S. The van der Waals surface area contributed by atoms with E-state index in [1.165, 1.54) is 12.6 Å². The van der Waals surface area contributed by atoms with Crippen LogP contribution in [-0.2, 0) is 21.9 Å². The molecular weight excluding hydrogens is 316 g/mol. The molecule has 0 radical (unpaired) electrons. The maximum Gasteiger partial charge on any atom is 0.259 e. The monoisotopic (exact) mass is 342 g/mol. The van der Waals surface area contributed by atoms with Crippen molar-refractivity contribution in [3.63, 3.8) is 0 Å². The van der Waals surface area contributed by atoms with Gasteiger partial charge < -0.3 is 9.88 Å². The molecule has 2 rings (SSSR count). The zero-order valence-corrected chi connectivity index (χ0v) is 14.8. The minimum atomic E-state index is -3.66. The molecule has 0 saturated heterocycles. The molecule has 1 fully saturated rings. The van der Waals surface area contributed by atoms with Gasteiger partial charge in [-0.1, -0.05) is 19.8 Å². The number of hydrogen-bond donors (Lipinski definition) is 2. The van der Waals surface area contributed by atoms with E-state index in [0.717, 1.165) is 19.3 Å². The predicted molar refractivity (Wildman–Crippen MR) is 87.3 cm³/mol. The second-order valence-corrected chi connectivity index (χ2v) is 8.14. The molecule has 0 unspecified atom stereocenters. The molecule has 1 amide bonds. The molecule has 8 heteroatoms. The van der Waals surface area contributed by atoms with Crippen LogP contribution in [0.4, 0.5) is 0 Å². The maximum atomic E-state index is 12.1. The van der Waals surface area contributed by atoms with Crippen molar-refractivity contribution < 1.29 is 13.2 Å². The van der Waals surface area contributed by atoms with Crippen LogP contribution in [0.5, 0.6) is 0 Å². The Morgan fingerprint density at radius 1 is 1.43 bits per heavy atom. The van der Waals surface area contributed by atoms with Crippen LogP contribution in [0.2, 0.25) is 0 Å². The smallest absolute Gasteiger partial charge is 0.259 e. The second kappa shape index (κ2) is 7.44. The average molecular weight is 342 g/mol. The summed E-state index contributed by atoms with van der Waals surface area (Å²) in [5.41, 5.74) is 0. The SMILES string of the molecule is Cc1nc(S(=O)(=O)NCCC(=O)N[C@@H]2CCC[C@@H](C)C2)cn1C. The summed E-state index contributed by atoms with van der Waals surface area (Å²) in [4.78, 5) is 15.9. The molecule has 0 bridgehead atoms. The van der Waals surface area contributed by atoms with Crippen LogP contribution >= 0.6 is 0 Å². The number of hydrogen-bond acceptors (Lipinski definition) is 4. The fourth-order valence-electron chi connectivity index (χ4n) is 2.89. The van der Waals surface area contributed by atoms with Crippen molar-refractivity contribution in [3.05, 3.63) is 12.0 Å². The first-order valence-electron chi connectivity index (χ1n) is 8.07. The molecule has 1 heterocycles. The van der Waals surface area contributed by atoms with E-state index in [4.69, 9.17) is 0 Å². The van der Waals surface area contributed by atoms with Crippen LogP contribution in [-0.4, -0.2) is 36.5 Å². The fraction of sp³-hybridized carbons (Fsp3) is 0.733. The van der Waals surface area contributed by atoms with E-state index >= 15 is 0 Å². The van der Waals surface area contributed by atoms with E-state index in [1.54, 1.807) is 18.5 Å². The average Bonchev–Trinajstić information content (AvgIpc) is 2.79. The third-order valence-corrected chi connectivity index (χ3v) is 5.64. The van der Waals surface area contributed by atoms with Gasteiger partial charge in [-0.05, 0) is 25.7 Å². The van der Waals surface area contributed by atoms with E-state index in [9.17, 15) is 13.2 Å². The van der Waals surface area contributed by atoms with E-state index in [-0.39, 0.29) is 29.9 Å². The van der Waals surface area contributed by atoms with E-state index in [2.05, 4.69) is 21.9 Å². The Kier molecular flexibility index (Phi) is 5.80. The van der Waals surface area contributed by atoms with Crippen LogP contribution in [0.25, 0.3) is 0 Å². The molecule has 0 aromatic carbocycles. The van der Waals surface area contributed by atoms with Crippen LogP contribution in [0.15, 0.2) is 11.2 Å². The Morgan fingerprint density at radius 3 is 2.78 bits per heavy atom. The highest BCUT2D eigenvalue weighted by atomic mass is 32.2. The van der Waals surface area contributed by atoms with Gasteiger partial charge in [-0.3, -0.25) is 4.79 Å². The number of aryl methyl sites for hydroxylation is 2. The number of carbonyl (C=O) groups is 1. The number of rotatable bonds is 6. The van der Waals surface area contributed by atoms with Gasteiger partial charge in [0, 0.05) is 32.3 Å². The van der Waals surface area contributed by atoms with Crippen molar-refractivity contribution in [2.45, 2.75) is 57.0 Å². The standard InChI is InChI=1S/C15H26N4O3S/c1-11-5-4-6-13(9-11)18-14(20)7-8-16-23(21,22)15-10-19(3)12(2)17-15/h10-11,13,16H,4-9H2,1-3H3,(H,18,20)/t11-,13-/m1/s1. The molecule has 2 atom stereocenters. The summed E-state index contributed by atoms with van der Waals surface area (Å²) in [6.45, 7) is 4.00. The molecule has 2 N–H and O–H groups in total. The van der Waals surface area contributed by atoms with Crippen molar-refractivity contribution in [1.29, 1.82) is 0 Å². The Labute approximate surface area is 137 Å². The van der Waals surface area contributed by atoms with Gasteiger partial charge in [-0.15, -0.1) is 0 Å². The maximum absolute atomic E-state index is 12.1. The molecule has 1 aliphatic rings. The van der Waals surface area contributed by atoms with E-state index < -0.39 is 10.0 Å². The quantitative estimate of drug-likeness (QED) is 0.809. The lowest BCUT2D eigenvalue weighted by Crippen LogP contribution is -2.39. The lowest BCUT2D eigenvalue weighted by molar-refractivity contribution is -0.121. The number of nitrogens with one attached hydrogen (secondary N) is 2. The second-order valence-electron chi connectivity index (χ2n) is 6.42. The Morgan fingerprint density at radius 2 is 2.17 bits per heavy atom. The van der Waals surface area contributed by atoms with Crippen molar-refractivity contribution in [2.24, 2.45) is 13.0 Å². The van der Waals surface area contributed by atoms with Gasteiger partial charge in [0.25, 0.3) is 10.0 Å². The summed E-state index contributed by atoms with van der Waals surface area (Å²) in [5, 5.41) is 2.98. The van der Waals surface area contributed by atoms with E-state index in [0.29, 0.717) is 11.7 Å². The van der Waals surface area contributed by atoms with Gasteiger partial charge in [0.15, 0.2) is 5.03 Å². The Balaban J connectivity index is 1.78. The van der Waals surface area contributed by atoms with Crippen molar-refractivity contribution in [3.8, 4) is 0 Å². The highest BCUT2D eigenvalue weighted by Gasteiger charge is 2.21. The molecule has 1 aromatic heterocycles. The molecule has 7 nitrogen and oxygen atoms in total. The van der Waals surface area contributed by atoms with E-state index in [1.807, 2.05) is 0 Å². The number of amides is 1. The first-order valence-corrected chi connectivity index (χ1v) is 9.55. The van der Waals surface area contributed by atoms with Crippen molar-refractivity contribution in [1.82, 2.24) is 19.6 Å². The van der Waals surface area contributed by atoms with Crippen LogP contribution in [0, 0.1) is 12.8 Å². The van der Waals surface area contributed by atoms with Gasteiger partial charge in [0.2, 0.25) is 5.91 Å². The summed E-state index contributed by atoms with van der Waals surface area (Å²) in [6.07, 6.45) is 5.96. The highest BCUT2D eigenvalue weighted by molar-refractivity contribution is 7.89. The minimum Gasteiger partial charge on any atom is -0.353 e. The lowest BCUT2D eigenvalue weighted by atomic mass is 9.87. The lowest BCUT2D eigenvalue weighted by Gasteiger charge is -2.27. The zero-order valence-electron chi connectivity index (χ0n) is 14.0. The first kappa shape index (κ1) is 17.9. The molecule has 130 valence electrons. The normalized spacial score (nSPS) is 22.0. The molecule has 1 aromatic rings. The molecule has 0 aliphatic heterocycles. The molecule has 23 heavy (non-hydrogen) atoms. The van der Waals surface area contributed by atoms with Crippen LogP contribution in [0.3, 0.4) is 0 Å². The van der Waals surface area contributed by atoms with Crippen LogP contribution in [0.1, 0.15) is 44.9 Å². The van der Waals surface area contributed by atoms with Gasteiger partial charge in [0.1, 0.15) is 5.82 Å². The molecule has 1 saturated carbocycles. The number of nitrogens with zero attached hydrogens (tertiary/aromatic N) is 2.